The standard InChI is InChI=1S/C14H20N2O5S/c1-20-13-7-10(5-6-11(13)14(17)21-2)22(18,19)16-8-12(15)9-3-4-9/h5-7,9,12,16H,3-4,8,15H2,1-2H3. The van der Waals surface area contributed by atoms with Crippen LogP contribution in [0.2, 0.25) is 0 Å². The second-order valence-electron chi connectivity index (χ2n) is 5.21. The lowest BCUT2D eigenvalue weighted by molar-refractivity contribution is 0.0597. The van der Waals surface area contributed by atoms with Crippen LogP contribution in [0.3, 0.4) is 0 Å². The minimum absolute atomic E-state index is 0.0139. The van der Waals surface area contributed by atoms with Gasteiger partial charge in [0.2, 0.25) is 10.0 Å². The van der Waals surface area contributed by atoms with Crippen LogP contribution in [0.25, 0.3) is 0 Å². The number of nitrogens with two attached hydrogens (primary N) is 1. The number of rotatable bonds is 7. The molecule has 3 N–H and O–H groups in total. The Kier molecular flexibility index (Phi) is 5.05. The van der Waals surface area contributed by atoms with Crippen LogP contribution in [0, 0.1) is 5.92 Å². The fraction of sp³-hybridized carbons (Fsp3) is 0.500. The van der Waals surface area contributed by atoms with Crippen molar-refractivity contribution in [3.8, 4) is 5.75 Å². The van der Waals surface area contributed by atoms with Crippen LogP contribution in [0.1, 0.15) is 23.2 Å². The Balaban J connectivity index is 2.17. The Morgan fingerprint density at radius 1 is 1.41 bits per heavy atom. The first-order chi connectivity index (χ1) is 10.4. The van der Waals surface area contributed by atoms with Crippen molar-refractivity contribution >= 4 is 16.0 Å². The maximum Gasteiger partial charge on any atom is 0.341 e. The summed E-state index contributed by atoms with van der Waals surface area (Å²) in [4.78, 5) is 11.6. The van der Waals surface area contributed by atoms with Gasteiger partial charge in [-0.1, -0.05) is 0 Å². The second kappa shape index (κ2) is 6.64. The smallest absolute Gasteiger partial charge is 0.341 e. The molecule has 1 aromatic carbocycles. The van der Waals surface area contributed by atoms with Crippen molar-refractivity contribution in [2.45, 2.75) is 23.8 Å². The molecular formula is C14H20N2O5S. The molecule has 0 spiro atoms. The average Bonchev–Trinajstić information content (AvgIpc) is 3.36. The van der Waals surface area contributed by atoms with Crippen molar-refractivity contribution in [1.29, 1.82) is 0 Å². The molecule has 8 heteroatoms. The predicted octanol–water partition coefficient (Wildman–Crippen LogP) is 0.497. The third-order valence-corrected chi connectivity index (χ3v) is 5.05. The molecule has 0 radical (unpaired) electrons. The summed E-state index contributed by atoms with van der Waals surface area (Å²) in [6.07, 6.45) is 2.09. The maximum absolute atomic E-state index is 12.3. The summed E-state index contributed by atoms with van der Waals surface area (Å²) in [5.74, 6) is -0.0512. The van der Waals surface area contributed by atoms with Crippen molar-refractivity contribution in [3.05, 3.63) is 23.8 Å². The summed E-state index contributed by atoms with van der Waals surface area (Å²) in [6, 6.07) is 3.81. The van der Waals surface area contributed by atoms with Gasteiger partial charge in [0.05, 0.1) is 19.1 Å². The molecule has 1 aliphatic rings. The van der Waals surface area contributed by atoms with Gasteiger partial charge in [0.25, 0.3) is 0 Å². The number of nitrogens with one attached hydrogen (secondary N) is 1. The fourth-order valence-corrected chi connectivity index (χ4v) is 3.19. The minimum Gasteiger partial charge on any atom is -0.496 e. The lowest BCUT2D eigenvalue weighted by Crippen LogP contribution is -2.38. The number of benzene rings is 1. The topological polar surface area (TPSA) is 108 Å². The first-order valence-corrected chi connectivity index (χ1v) is 8.39. The van der Waals surface area contributed by atoms with Crippen LogP contribution in [-0.4, -0.2) is 41.2 Å². The van der Waals surface area contributed by atoms with E-state index in [1.165, 1.54) is 32.4 Å². The largest absolute Gasteiger partial charge is 0.496 e. The Morgan fingerprint density at radius 3 is 2.64 bits per heavy atom. The Morgan fingerprint density at radius 2 is 2.09 bits per heavy atom. The Bertz CT molecular complexity index is 655. The van der Waals surface area contributed by atoms with Crippen molar-refractivity contribution in [1.82, 2.24) is 4.72 Å². The number of methoxy groups -OCH3 is 2. The molecule has 0 bridgehead atoms. The first-order valence-electron chi connectivity index (χ1n) is 6.90. The van der Waals surface area contributed by atoms with E-state index in [0.29, 0.717) is 5.92 Å². The summed E-state index contributed by atoms with van der Waals surface area (Å²) in [5.41, 5.74) is 6.05. The molecule has 0 heterocycles. The number of hydrogen-bond donors (Lipinski definition) is 2. The van der Waals surface area contributed by atoms with Crippen molar-refractivity contribution < 1.29 is 22.7 Å². The molecule has 1 atom stereocenters. The van der Waals surface area contributed by atoms with Gasteiger partial charge in [0.15, 0.2) is 0 Å². The molecule has 1 fully saturated rings. The SMILES string of the molecule is COC(=O)c1ccc(S(=O)(=O)NCC(N)C2CC2)cc1OC. The summed E-state index contributed by atoms with van der Waals surface area (Å²) in [6.45, 7) is 0.189. The number of carbonyl (C=O) groups excluding carboxylic acids is 1. The maximum atomic E-state index is 12.3. The number of carbonyl (C=O) groups is 1. The van der Waals surface area contributed by atoms with Crippen LogP contribution in [0.5, 0.6) is 5.75 Å². The van der Waals surface area contributed by atoms with Crippen molar-refractivity contribution in [3.63, 3.8) is 0 Å². The minimum atomic E-state index is -3.70. The van der Waals surface area contributed by atoms with Crippen molar-refractivity contribution in [2.24, 2.45) is 11.7 Å². The van der Waals surface area contributed by atoms with E-state index in [-0.39, 0.29) is 28.8 Å². The van der Waals surface area contributed by atoms with E-state index in [1.807, 2.05) is 0 Å². The monoisotopic (exact) mass is 328 g/mol. The van der Waals surface area contributed by atoms with Gasteiger partial charge in [-0.15, -0.1) is 0 Å². The molecule has 1 saturated carbocycles. The first kappa shape index (κ1) is 16.7. The normalized spacial score (nSPS) is 16.1. The van der Waals surface area contributed by atoms with Crippen LogP contribution in [-0.2, 0) is 14.8 Å². The summed E-state index contributed by atoms with van der Waals surface area (Å²) < 4.78 is 36.7. The molecule has 7 nitrogen and oxygen atoms in total. The molecule has 1 aromatic rings. The summed E-state index contributed by atoms with van der Waals surface area (Å²) in [5, 5.41) is 0. The molecule has 1 aliphatic carbocycles. The third-order valence-electron chi connectivity index (χ3n) is 3.63. The molecular weight excluding hydrogens is 308 g/mol. The van der Waals surface area contributed by atoms with Gasteiger partial charge in [-0.3, -0.25) is 0 Å². The van der Waals surface area contributed by atoms with Gasteiger partial charge in [0, 0.05) is 18.7 Å². The number of hydrogen-bond acceptors (Lipinski definition) is 6. The lowest BCUT2D eigenvalue weighted by Gasteiger charge is -2.13. The quantitative estimate of drug-likeness (QED) is 0.706. The van der Waals surface area contributed by atoms with E-state index < -0.39 is 16.0 Å². The molecule has 122 valence electrons. The van der Waals surface area contributed by atoms with Gasteiger partial charge < -0.3 is 15.2 Å². The van der Waals surface area contributed by atoms with Crippen LogP contribution >= 0.6 is 0 Å². The van der Waals surface area contributed by atoms with E-state index in [4.69, 9.17) is 10.5 Å². The van der Waals surface area contributed by atoms with Crippen molar-refractivity contribution in [2.75, 3.05) is 20.8 Å². The van der Waals surface area contributed by atoms with Gasteiger partial charge >= 0.3 is 5.97 Å². The number of esters is 1. The second-order valence-corrected chi connectivity index (χ2v) is 6.97. The summed E-state index contributed by atoms with van der Waals surface area (Å²) >= 11 is 0. The molecule has 2 rings (SSSR count). The van der Waals surface area contributed by atoms with E-state index in [9.17, 15) is 13.2 Å². The Hall–Kier alpha value is -1.64. The molecule has 0 saturated heterocycles. The van der Waals surface area contributed by atoms with Gasteiger partial charge in [-0.25, -0.2) is 17.9 Å². The molecule has 0 aromatic heterocycles. The summed E-state index contributed by atoms with van der Waals surface area (Å²) in [7, 11) is -1.11. The average molecular weight is 328 g/mol. The van der Waals surface area contributed by atoms with Crippen LogP contribution < -0.4 is 15.2 Å². The van der Waals surface area contributed by atoms with Gasteiger partial charge in [-0.05, 0) is 30.9 Å². The zero-order valence-electron chi connectivity index (χ0n) is 12.5. The zero-order valence-corrected chi connectivity index (χ0v) is 13.4. The van der Waals surface area contributed by atoms with Crippen LogP contribution in [0.15, 0.2) is 23.1 Å². The predicted molar refractivity (Wildman–Crippen MR) is 80.2 cm³/mol. The zero-order chi connectivity index (χ0) is 16.3. The highest BCUT2D eigenvalue weighted by Gasteiger charge is 2.29. The molecule has 1 unspecified atom stereocenters. The van der Waals surface area contributed by atoms with Gasteiger partial charge in [-0.2, -0.15) is 0 Å². The lowest BCUT2D eigenvalue weighted by atomic mass is 10.2. The molecule has 0 amide bonds. The Labute approximate surface area is 129 Å². The number of ether oxygens (including phenoxy) is 2. The highest BCUT2D eigenvalue weighted by atomic mass is 32.2. The molecule has 0 aliphatic heterocycles. The van der Waals surface area contributed by atoms with E-state index in [2.05, 4.69) is 9.46 Å². The fourth-order valence-electron chi connectivity index (χ4n) is 2.10. The number of sulfonamides is 1. The van der Waals surface area contributed by atoms with Gasteiger partial charge in [0.1, 0.15) is 11.3 Å². The highest BCUT2D eigenvalue weighted by molar-refractivity contribution is 7.89. The van der Waals surface area contributed by atoms with Crippen LogP contribution in [0.4, 0.5) is 0 Å². The molecule has 22 heavy (non-hydrogen) atoms. The highest BCUT2D eigenvalue weighted by Crippen LogP contribution is 2.31. The van der Waals surface area contributed by atoms with E-state index in [1.54, 1.807) is 0 Å². The van der Waals surface area contributed by atoms with E-state index >= 15 is 0 Å². The van der Waals surface area contributed by atoms with E-state index in [0.717, 1.165) is 12.8 Å². The third kappa shape index (κ3) is 3.76.